The van der Waals surface area contributed by atoms with Gasteiger partial charge in [-0.05, 0) is 13.8 Å². The molecule has 0 aliphatic heterocycles. The van der Waals surface area contributed by atoms with Crippen molar-refractivity contribution in [1.82, 2.24) is 5.32 Å². The Bertz CT molecular complexity index is 606. The minimum atomic E-state index is -1.31. The Morgan fingerprint density at radius 2 is 1.62 bits per heavy atom. The number of carbonyl (C=O) groups excluding carboxylic acids is 1. The first kappa shape index (κ1) is 16.0. The van der Waals surface area contributed by atoms with E-state index in [-0.39, 0.29) is 11.1 Å². The van der Waals surface area contributed by atoms with E-state index in [1.54, 1.807) is 0 Å². The Morgan fingerprint density at radius 1 is 1.19 bits per heavy atom. The van der Waals surface area contributed by atoms with E-state index in [0.29, 0.717) is 0 Å². The van der Waals surface area contributed by atoms with Crippen LogP contribution < -0.4 is 5.32 Å². The van der Waals surface area contributed by atoms with Gasteiger partial charge in [0.2, 0.25) is 0 Å². The molecule has 1 atom stereocenters. The van der Waals surface area contributed by atoms with Crippen molar-refractivity contribution in [3.63, 3.8) is 0 Å². The second kappa shape index (κ2) is 5.94. The van der Waals surface area contributed by atoms with Crippen LogP contribution in [-0.2, 0) is 4.79 Å². The normalized spacial score (nSPS) is 11.5. The van der Waals surface area contributed by atoms with Crippen molar-refractivity contribution in [3.8, 4) is 0 Å². The van der Waals surface area contributed by atoms with Crippen LogP contribution in [0.4, 0.5) is 11.4 Å². The third-order valence-corrected chi connectivity index (χ3v) is 2.73. The number of amides is 1. The predicted molar refractivity (Wildman–Crippen MR) is 69.1 cm³/mol. The molecular weight excluding hydrogens is 286 g/mol. The predicted octanol–water partition coefficient (Wildman–Crippen LogP) is 1.01. The highest BCUT2D eigenvalue weighted by Crippen LogP contribution is 2.29. The standard InChI is InChI=1S/C11H11N3O7/c1-5-8(13(18)19)3-7(4-9(5)14(20)21)10(15)12-6(2)11(16)17/h3-4,6H,1-2H3,(H,12,15)(H,16,17). The first-order valence-corrected chi connectivity index (χ1v) is 5.62. The topological polar surface area (TPSA) is 153 Å². The number of carbonyl (C=O) groups is 2. The van der Waals surface area contributed by atoms with Gasteiger partial charge in [0.25, 0.3) is 17.3 Å². The SMILES string of the molecule is Cc1c([N+](=O)[O-])cc(C(=O)NC(C)C(=O)O)cc1[N+](=O)[O-]. The molecule has 0 aromatic heterocycles. The van der Waals surface area contributed by atoms with Gasteiger partial charge in [-0.15, -0.1) is 0 Å². The Balaban J connectivity index is 3.30. The first-order valence-electron chi connectivity index (χ1n) is 5.62. The van der Waals surface area contributed by atoms with E-state index >= 15 is 0 Å². The van der Waals surface area contributed by atoms with Crippen LogP contribution in [0, 0.1) is 27.2 Å². The van der Waals surface area contributed by atoms with E-state index in [4.69, 9.17) is 5.11 Å². The maximum Gasteiger partial charge on any atom is 0.325 e. The number of hydrogen-bond acceptors (Lipinski definition) is 6. The highest BCUT2D eigenvalue weighted by Gasteiger charge is 2.26. The molecule has 10 heteroatoms. The quantitative estimate of drug-likeness (QED) is 0.607. The zero-order valence-electron chi connectivity index (χ0n) is 11.0. The number of carboxylic acids is 1. The fraction of sp³-hybridized carbons (Fsp3) is 0.273. The molecule has 0 radical (unpaired) electrons. The maximum atomic E-state index is 11.8. The minimum absolute atomic E-state index is 0.187. The highest BCUT2D eigenvalue weighted by molar-refractivity contribution is 5.98. The van der Waals surface area contributed by atoms with Gasteiger partial charge in [0.1, 0.15) is 11.6 Å². The Hall–Kier alpha value is -3.04. The van der Waals surface area contributed by atoms with Crippen molar-refractivity contribution in [2.45, 2.75) is 19.9 Å². The smallest absolute Gasteiger partial charge is 0.325 e. The summed E-state index contributed by atoms with van der Waals surface area (Å²) in [7, 11) is 0. The lowest BCUT2D eigenvalue weighted by Gasteiger charge is -2.09. The van der Waals surface area contributed by atoms with Gasteiger partial charge in [-0.3, -0.25) is 29.8 Å². The Labute approximate surface area is 117 Å². The van der Waals surface area contributed by atoms with E-state index in [1.807, 2.05) is 0 Å². The lowest BCUT2D eigenvalue weighted by atomic mass is 10.1. The van der Waals surface area contributed by atoms with Gasteiger partial charge in [0, 0.05) is 12.1 Å². The molecule has 0 fully saturated rings. The molecule has 0 heterocycles. The fourth-order valence-corrected chi connectivity index (χ4v) is 1.54. The largest absolute Gasteiger partial charge is 0.480 e. The van der Waals surface area contributed by atoms with Crippen LogP contribution >= 0.6 is 0 Å². The number of benzene rings is 1. The van der Waals surface area contributed by atoms with Crippen LogP contribution in [0.1, 0.15) is 22.8 Å². The van der Waals surface area contributed by atoms with Gasteiger partial charge in [0.05, 0.1) is 15.4 Å². The molecule has 2 N–H and O–H groups in total. The average Bonchev–Trinajstić information content (AvgIpc) is 2.37. The molecule has 112 valence electrons. The zero-order chi connectivity index (χ0) is 16.3. The molecule has 0 spiro atoms. The van der Waals surface area contributed by atoms with Crippen molar-refractivity contribution >= 4 is 23.3 Å². The number of aliphatic carboxylic acids is 1. The number of rotatable bonds is 5. The van der Waals surface area contributed by atoms with E-state index in [9.17, 15) is 29.8 Å². The molecule has 1 rings (SSSR count). The molecule has 0 saturated carbocycles. The third-order valence-electron chi connectivity index (χ3n) is 2.73. The second-order valence-corrected chi connectivity index (χ2v) is 4.19. The van der Waals surface area contributed by atoms with E-state index in [1.165, 1.54) is 13.8 Å². The maximum absolute atomic E-state index is 11.8. The summed E-state index contributed by atoms with van der Waals surface area (Å²) in [6, 6.07) is 0.496. The van der Waals surface area contributed by atoms with Crippen LogP contribution in [-0.4, -0.2) is 32.9 Å². The highest BCUT2D eigenvalue weighted by atomic mass is 16.6. The van der Waals surface area contributed by atoms with E-state index in [0.717, 1.165) is 12.1 Å². The molecule has 1 aromatic carbocycles. The molecule has 1 aromatic rings. The molecule has 21 heavy (non-hydrogen) atoms. The number of nitrogens with one attached hydrogen (secondary N) is 1. The summed E-state index contributed by atoms with van der Waals surface area (Å²) in [5.74, 6) is -2.25. The van der Waals surface area contributed by atoms with Crippen molar-refractivity contribution in [2.75, 3.05) is 0 Å². The summed E-state index contributed by atoms with van der Waals surface area (Å²) in [6.07, 6.45) is 0. The molecule has 1 amide bonds. The molecular formula is C11H11N3O7. The van der Waals surface area contributed by atoms with E-state index in [2.05, 4.69) is 5.32 Å². The molecule has 0 bridgehead atoms. The zero-order valence-corrected chi connectivity index (χ0v) is 11.0. The van der Waals surface area contributed by atoms with Gasteiger partial charge in [-0.2, -0.15) is 0 Å². The summed E-state index contributed by atoms with van der Waals surface area (Å²) < 4.78 is 0. The molecule has 0 saturated heterocycles. The third kappa shape index (κ3) is 3.49. The Morgan fingerprint density at radius 3 is 1.95 bits per heavy atom. The number of carboxylic acid groups (broad SMARTS) is 1. The van der Waals surface area contributed by atoms with Gasteiger partial charge in [-0.25, -0.2) is 0 Å². The monoisotopic (exact) mass is 297 g/mol. The molecule has 10 nitrogen and oxygen atoms in total. The lowest BCUT2D eigenvalue weighted by molar-refractivity contribution is -0.395. The summed E-state index contributed by atoms with van der Waals surface area (Å²) in [5.41, 5.74) is -1.71. The Kier molecular flexibility index (Phi) is 4.53. The molecule has 0 aliphatic carbocycles. The average molecular weight is 297 g/mol. The summed E-state index contributed by atoms with van der Waals surface area (Å²) in [4.78, 5) is 42.5. The van der Waals surface area contributed by atoms with Crippen LogP contribution in [0.2, 0.25) is 0 Å². The first-order chi connectivity index (χ1) is 9.65. The van der Waals surface area contributed by atoms with Gasteiger partial charge in [-0.1, -0.05) is 0 Å². The van der Waals surface area contributed by atoms with E-state index < -0.39 is 39.1 Å². The van der Waals surface area contributed by atoms with Crippen LogP contribution in [0.15, 0.2) is 12.1 Å². The molecule has 1 unspecified atom stereocenters. The molecule has 0 aliphatic rings. The number of nitrogens with zero attached hydrogens (tertiary/aromatic N) is 2. The van der Waals surface area contributed by atoms with Crippen molar-refractivity contribution in [1.29, 1.82) is 0 Å². The van der Waals surface area contributed by atoms with Crippen LogP contribution in [0.3, 0.4) is 0 Å². The van der Waals surface area contributed by atoms with Gasteiger partial charge < -0.3 is 10.4 Å². The fourth-order valence-electron chi connectivity index (χ4n) is 1.54. The second-order valence-electron chi connectivity index (χ2n) is 4.19. The summed E-state index contributed by atoms with van der Waals surface area (Å²) >= 11 is 0. The number of nitro benzene ring substituents is 2. The van der Waals surface area contributed by atoms with Crippen LogP contribution in [0.25, 0.3) is 0 Å². The lowest BCUT2D eigenvalue weighted by Crippen LogP contribution is -2.38. The van der Waals surface area contributed by atoms with Crippen molar-refractivity contribution in [2.24, 2.45) is 0 Å². The van der Waals surface area contributed by atoms with Crippen LogP contribution in [0.5, 0.6) is 0 Å². The van der Waals surface area contributed by atoms with Gasteiger partial charge >= 0.3 is 5.97 Å². The number of nitro groups is 2. The number of hydrogen-bond donors (Lipinski definition) is 2. The summed E-state index contributed by atoms with van der Waals surface area (Å²) in [6.45, 7) is 2.38. The van der Waals surface area contributed by atoms with Crippen molar-refractivity contribution < 1.29 is 24.5 Å². The van der Waals surface area contributed by atoms with Crippen molar-refractivity contribution in [3.05, 3.63) is 43.5 Å². The minimum Gasteiger partial charge on any atom is -0.480 e. The summed E-state index contributed by atoms with van der Waals surface area (Å²) in [5, 5.41) is 32.5. The van der Waals surface area contributed by atoms with Gasteiger partial charge in [0.15, 0.2) is 0 Å².